The monoisotopic (exact) mass is 528 g/mol. The number of likely N-dealkylation sites (tertiary alicyclic amines) is 1. The van der Waals surface area contributed by atoms with Crippen molar-refractivity contribution in [2.24, 2.45) is 0 Å². The van der Waals surface area contributed by atoms with E-state index in [2.05, 4.69) is 10.2 Å². The van der Waals surface area contributed by atoms with Gasteiger partial charge in [0.1, 0.15) is 4.21 Å². The summed E-state index contributed by atoms with van der Waals surface area (Å²) >= 11 is 1.24. The Morgan fingerprint density at radius 2 is 1.71 bits per heavy atom. The highest BCUT2D eigenvalue weighted by atomic mass is 32.2. The van der Waals surface area contributed by atoms with Crippen molar-refractivity contribution in [1.82, 2.24) is 19.4 Å². The quantitative estimate of drug-likeness (QED) is 0.528. The first-order valence-corrected chi connectivity index (χ1v) is 13.4. The van der Waals surface area contributed by atoms with Gasteiger partial charge in [-0.25, -0.2) is 13.2 Å². The van der Waals surface area contributed by atoms with Crippen LogP contribution in [0, 0.1) is 0 Å². The van der Waals surface area contributed by atoms with Crippen molar-refractivity contribution >= 4 is 33.2 Å². The minimum absolute atomic E-state index is 0.0425. The number of piperidine rings is 1. The highest BCUT2D eigenvalue weighted by Gasteiger charge is 2.38. The van der Waals surface area contributed by atoms with Gasteiger partial charge >= 0.3 is 12.1 Å². The number of halogens is 3. The van der Waals surface area contributed by atoms with Crippen LogP contribution in [-0.4, -0.2) is 105 Å². The largest absolute Gasteiger partial charge is 0.490 e. The summed E-state index contributed by atoms with van der Waals surface area (Å²) in [5.74, 6) is -2.71. The van der Waals surface area contributed by atoms with Crippen molar-refractivity contribution in [1.29, 1.82) is 0 Å². The Bertz CT molecular complexity index is 869. The molecule has 0 saturated carbocycles. The first-order valence-electron chi connectivity index (χ1n) is 11.1. The minimum Gasteiger partial charge on any atom is -0.475 e. The molecule has 2 N–H and O–H groups in total. The van der Waals surface area contributed by atoms with Crippen LogP contribution >= 0.6 is 11.3 Å². The average Bonchev–Trinajstić information content (AvgIpc) is 3.36. The van der Waals surface area contributed by atoms with Crippen LogP contribution in [-0.2, 0) is 19.6 Å². The number of carbonyl (C=O) groups excluding carboxylic acids is 1. The van der Waals surface area contributed by atoms with Crippen molar-refractivity contribution in [3.05, 3.63) is 17.5 Å². The molecule has 1 aromatic heterocycles. The van der Waals surface area contributed by atoms with Gasteiger partial charge in [-0.15, -0.1) is 11.3 Å². The second-order valence-corrected chi connectivity index (χ2v) is 11.0. The maximum absolute atomic E-state index is 13.0. The highest BCUT2D eigenvalue weighted by molar-refractivity contribution is 7.91. The van der Waals surface area contributed by atoms with E-state index in [1.807, 2.05) is 4.90 Å². The van der Waals surface area contributed by atoms with E-state index in [-0.39, 0.29) is 18.9 Å². The van der Waals surface area contributed by atoms with Crippen molar-refractivity contribution in [3.63, 3.8) is 0 Å². The first kappa shape index (κ1) is 28.5. The summed E-state index contributed by atoms with van der Waals surface area (Å²) in [5.41, 5.74) is 0. The van der Waals surface area contributed by atoms with Crippen LogP contribution in [0.5, 0.6) is 0 Å². The molecule has 1 amide bonds. The molecule has 3 heterocycles. The Labute approximate surface area is 201 Å². The number of hydrogen-bond acceptors (Lipinski definition) is 7. The van der Waals surface area contributed by atoms with Gasteiger partial charge in [-0.2, -0.15) is 17.5 Å². The van der Waals surface area contributed by atoms with Gasteiger partial charge in [0.2, 0.25) is 5.91 Å². The summed E-state index contributed by atoms with van der Waals surface area (Å²) in [7, 11) is -3.54. The number of amides is 1. The van der Waals surface area contributed by atoms with E-state index < -0.39 is 22.2 Å². The van der Waals surface area contributed by atoms with Crippen LogP contribution in [0.3, 0.4) is 0 Å². The lowest BCUT2D eigenvalue weighted by molar-refractivity contribution is -0.192. The van der Waals surface area contributed by atoms with Crippen molar-refractivity contribution in [2.45, 2.75) is 36.1 Å². The molecule has 3 rings (SSSR count). The van der Waals surface area contributed by atoms with Crippen LogP contribution in [0.25, 0.3) is 0 Å². The third kappa shape index (κ3) is 9.13. The van der Waals surface area contributed by atoms with E-state index in [1.165, 1.54) is 34.9 Å². The number of piperazine rings is 1. The molecule has 0 aliphatic carbocycles. The number of alkyl halides is 3. The van der Waals surface area contributed by atoms with Gasteiger partial charge in [0.05, 0.1) is 0 Å². The van der Waals surface area contributed by atoms with Gasteiger partial charge in [-0.1, -0.05) is 12.5 Å². The fraction of sp³-hybridized carbons (Fsp3) is 0.700. The second-order valence-electron chi connectivity index (χ2n) is 7.92. The number of aliphatic carboxylic acids is 1. The topological polar surface area (TPSA) is 110 Å². The van der Waals surface area contributed by atoms with Crippen LogP contribution in [0.1, 0.15) is 25.7 Å². The fourth-order valence-corrected chi connectivity index (χ4v) is 6.19. The molecule has 2 aliphatic heterocycles. The molecule has 2 aliphatic rings. The van der Waals surface area contributed by atoms with Gasteiger partial charge in [-0.05, 0) is 37.4 Å². The molecule has 1 aromatic rings. The number of carboxylic acid groups (broad SMARTS) is 1. The van der Waals surface area contributed by atoms with E-state index in [4.69, 9.17) is 9.90 Å². The molecule has 0 bridgehead atoms. The third-order valence-electron chi connectivity index (χ3n) is 5.49. The molecule has 0 unspecified atom stereocenters. The Hall–Kier alpha value is -1.74. The number of nitrogens with zero attached hydrogens (tertiary/aromatic N) is 3. The van der Waals surface area contributed by atoms with Crippen LogP contribution in [0.4, 0.5) is 13.2 Å². The van der Waals surface area contributed by atoms with Crippen LogP contribution in [0.2, 0.25) is 0 Å². The highest BCUT2D eigenvalue weighted by Crippen LogP contribution is 2.21. The maximum Gasteiger partial charge on any atom is 0.490 e. The van der Waals surface area contributed by atoms with E-state index in [1.54, 1.807) is 17.5 Å². The van der Waals surface area contributed by atoms with Crippen molar-refractivity contribution in [3.8, 4) is 0 Å². The molecular weight excluding hydrogens is 497 g/mol. The second kappa shape index (κ2) is 13.4. The molecule has 0 radical (unpaired) electrons. The number of carbonyl (C=O) groups is 2. The van der Waals surface area contributed by atoms with Crippen LogP contribution in [0.15, 0.2) is 21.7 Å². The van der Waals surface area contributed by atoms with E-state index in [9.17, 15) is 26.4 Å². The zero-order valence-corrected chi connectivity index (χ0v) is 20.4. The molecule has 2 fully saturated rings. The van der Waals surface area contributed by atoms with Gasteiger partial charge in [0.25, 0.3) is 10.0 Å². The zero-order chi connectivity index (χ0) is 25.2. The lowest BCUT2D eigenvalue weighted by atomic mass is 10.1. The third-order valence-corrected chi connectivity index (χ3v) is 8.76. The SMILES string of the molecule is O=C(CCN(CCN1CCCCC1)S(=O)(=O)c1cccs1)N1CCNCC1.O=C(O)C(F)(F)F. The van der Waals surface area contributed by atoms with Gasteiger partial charge in [-0.3, -0.25) is 4.79 Å². The lowest BCUT2D eigenvalue weighted by Crippen LogP contribution is -2.47. The number of carboxylic acids is 1. The molecule has 34 heavy (non-hydrogen) atoms. The van der Waals surface area contributed by atoms with Crippen molar-refractivity contribution in [2.75, 3.05) is 58.9 Å². The molecular formula is C20H31F3N4O5S2. The summed E-state index contributed by atoms with van der Waals surface area (Å²) < 4.78 is 59.7. The van der Waals surface area contributed by atoms with Gasteiger partial charge in [0, 0.05) is 52.2 Å². The summed E-state index contributed by atoms with van der Waals surface area (Å²) in [6.45, 7) is 6.49. The van der Waals surface area contributed by atoms with E-state index in [0.717, 1.165) is 32.7 Å². The van der Waals surface area contributed by atoms with Gasteiger partial charge < -0.3 is 20.2 Å². The molecule has 194 valence electrons. The Kier molecular flexibility index (Phi) is 11.2. The normalized spacial score (nSPS) is 17.8. The number of rotatable bonds is 8. The van der Waals surface area contributed by atoms with Gasteiger partial charge in [0.15, 0.2) is 0 Å². The fourth-order valence-electron chi connectivity index (χ4n) is 3.62. The lowest BCUT2D eigenvalue weighted by Gasteiger charge is -2.30. The minimum atomic E-state index is -5.08. The number of nitrogens with one attached hydrogen (secondary N) is 1. The van der Waals surface area contributed by atoms with Crippen LogP contribution < -0.4 is 5.32 Å². The smallest absolute Gasteiger partial charge is 0.475 e. The first-order chi connectivity index (χ1) is 16.0. The molecule has 9 nitrogen and oxygen atoms in total. The molecule has 0 aromatic carbocycles. The Morgan fingerprint density at radius 3 is 2.24 bits per heavy atom. The van der Waals surface area contributed by atoms with Crippen molar-refractivity contribution < 1.29 is 36.3 Å². The standard InChI is InChI=1S/C18H30N4O3S2.C2HF3O2/c23-17(21-12-7-19-8-13-21)6-11-22(15-14-20-9-2-1-3-10-20)27(24,25)18-5-4-16-26-18;3-2(4,5)1(6)7/h4-5,16,19H,1-3,6-15H2;(H,6,7). The number of hydrogen-bond donors (Lipinski definition) is 2. The summed E-state index contributed by atoms with van der Waals surface area (Å²) in [5, 5.41) is 12.1. The number of thiophene rings is 1. The summed E-state index contributed by atoms with van der Waals surface area (Å²) in [6.07, 6.45) is -1.23. The predicted octanol–water partition coefficient (Wildman–Crippen LogP) is 1.68. The van der Waals surface area contributed by atoms with E-state index in [0.29, 0.717) is 23.8 Å². The Balaban J connectivity index is 0.000000509. The summed E-state index contributed by atoms with van der Waals surface area (Å²) in [6, 6.07) is 3.40. The Morgan fingerprint density at radius 1 is 1.09 bits per heavy atom. The van der Waals surface area contributed by atoms with E-state index >= 15 is 0 Å². The predicted molar refractivity (Wildman–Crippen MR) is 121 cm³/mol. The molecule has 0 spiro atoms. The number of sulfonamides is 1. The molecule has 0 atom stereocenters. The average molecular weight is 529 g/mol. The molecule has 2 saturated heterocycles. The maximum atomic E-state index is 13.0. The summed E-state index contributed by atoms with van der Waals surface area (Å²) in [4.78, 5) is 25.5. The zero-order valence-electron chi connectivity index (χ0n) is 18.8. The molecule has 14 heteroatoms.